The molecule has 5 heteroatoms. The first-order valence-corrected chi connectivity index (χ1v) is 13.8. The Morgan fingerprint density at radius 1 is 1.14 bits per heavy atom. The predicted octanol–water partition coefficient (Wildman–Crippen LogP) is 7.46. The first-order valence-electron chi connectivity index (χ1n) is 13.8. The molecule has 0 radical (unpaired) electrons. The van der Waals surface area contributed by atoms with E-state index < -0.39 is 5.66 Å². The summed E-state index contributed by atoms with van der Waals surface area (Å²) in [5, 5.41) is 0. The molecule has 2 atom stereocenters. The SMILES string of the molecule is CCCC1(CCCC(C)(C)C)N=C(c2cccc(C3CC3)c2)C(=O)N1C(C)c1ccc(C(=O)OC)cc1. The Morgan fingerprint density at radius 2 is 1.84 bits per heavy atom. The molecule has 1 aliphatic carbocycles. The Kier molecular flexibility index (Phi) is 7.91. The van der Waals surface area contributed by atoms with Gasteiger partial charge in [-0.2, -0.15) is 0 Å². The Labute approximate surface area is 222 Å². The van der Waals surface area contributed by atoms with E-state index in [0.29, 0.717) is 17.2 Å². The third kappa shape index (κ3) is 5.97. The van der Waals surface area contributed by atoms with E-state index in [0.717, 1.165) is 43.2 Å². The summed E-state index contributed by atoms with van der Waals surface area (Å²) in [7, 11) is 1.38. The second-order valence-corrected chi connectivity index (χ2v) is 12.0. The lowest BCUT2D eigenvalue weighted by Crippen LogP contribution is -2.48. The number of carbonyl (C=O) groups is 2. The molecule has 0 saturated heterocycles. The van der Waals surface area contributed by atoms with Crippen molar-refractivity contribution in [3.63, 3.8) is 0 Å². The molecule has 1 aliphatic heterocycles. The monoisotopic (exact) mass is 502 g/mol. The van der Waals surface area contributed by atoms with Gasteiger partial charge in [-0.3, -0.25) is 9.79 Å². The van der Waals surface area contributed by atoms with Crippen molar-refractivity contribution in [2.24, 2.45) is 10.4 Å². The van der Waals surface area contributed by atoms with E-state index in [9.17, 15) is 9.59 Å². The zero-order chi connectivity index (χ0) is 26.8. The molecule has 198 valence electrons. The minimum absolute atomic E-state index is 0.00157. The summed E-state index contributed by atoms with van der Waals surface area (Å²) >= 11 is 0. The van der Waals surface area contributed by atoms with Gasteiger partial charge in [0.05, 0.1) is 18.7 Å². The molecular weight excluding hydrogens is 460 g/mol. The van der Waals surface area contributed by atoms with Crippen molar-refractivity contribution in [1.29, 1.82) is 0 Å². The number of aliphatic imine (C=N–C) groups is 1. The fourth-order valence-electron chi connectivity index (χ4n) is 5.64. The molecule has 2 aromatic carbocycles. The van der Waals surface area contributed by atoms with Gasteiger partial charge in [0.25, 0.3) is 5.91 Å². The van der Waals surface area contributed by atoms with Crippen molar-refractivity contribution in [1.82, 2.24) is 4.90 Å². The van der Waals surface area contributed by atoms with Crippen molar-refractivity contribution in [2.45, 2.75) is 97.2 Å². The zero-order valence-electron chi connectivity index (χ0n) is 23.3. The van der Waals surface area contributed by atoms with E-state index in [1.165, 1.54) is 25.5 Å². The number of amides is 1. The molecule has 0 N–H and O–H groups in total. The third-order valence-corrected chi connectivity index (χ3v) is 7.75. The number of nitrogens with zero attached hydrogens (tertiary/aromatic N) is 2. The molecule has 0 aromatic heterocycles. The molecule has 1 heterocycles. The highest BCUT2D eigenvalue weighted by Gasteiger charge is 2.48. The summed E-state index contributed by atoms with van der Waals surface area (Å²) in [4.78, 5) is 33.5. The quantitative estimate of drug-likeness (QED) is 0.317. The van der Waals surface area contributed by atoms with Crippen LogP contribution in [0.2, 0.25) is 0 Å². The fraction of sp³-hybridized carbons (Fsp3) is 0.531. The summed E-state index contributed by atoms with van der Waals surface area (Å²) in [5.41, 5.74) is 3.97. The van der Waals surface area contributed by atoms with Crippen LogP contribution in [0.1, 0.15) is 119 Å². The molecule has 1 amide bonds. The number of esters is 1. The highest BCUT2D eigenvalue weighted by atomic mass is 16.5. The van der Waals surface area contributed by atoms with E-state index >= 15 is 0 Å². The van der Waals surface area contributed by atoms with Crippen molar-refractivity contribution in [3.8, 4) is 0 Å². The molecule has 2 aromatic rings. The Bertz CT molecular complexity index is 1160. The maximum Gasteiger partial charge on any atom is 0.337 e. The fourth-order valence-corrected chi connectivity index (χ4v) is 5.64. The maximum atomic E-state index is 14.2. The van der Waals surface area contributed by atoms with Crippen LogP contribution < -0.4 is 0 Å². The van der Waals surface area contributed by atoms with Crippen molar-refractivity contribution in [2.75, 3.05) is 7.11 Å². The Balaban J connectivity index is 1.73. The average Bonchev–Trinajstić information content (AvgIpc) is 3.68. The van der Waals surface area contributed by atoms with Gasteiger partial charge in [-0.1, -0.05) is 64.4 Å². The van der Waals surface area contributed by atoms with E-state index in [1.54, 1.807) is 12.1 Å². The highest BCUT2D eigenvalue weighted by molar-refractivity contribution is 6.46. The van der Waals surface area contributed by atoms with Crippen LogP contribution >= 0.6 is 0 Å². The predicted molar refractivity (Wildman–Crippen MR) is 149 cm³/mol. The molecule has 2 aliphatic rings. The van der Waals surface area contributed by atoms with Gasteiger partial charge in [-0.25, -0.2) is 4.79 Å². The smallest absolute Gasteiger partial charge is 0.337 e. The topological polar surface area (TPSA) is 59.0 Å². The van der Waals surface area contributed by atoms with Gasteiger partial charge in [0.15, 0.2) is 0 Å². The first kappa shape index (κ1) is 27.1. The number of hydrogen-bond donors (Lipinski definition) is 0. The van der Waals surface area contributed by atoms with Gasteiger partial charge in [-0.15, -0.1) is 0 Å². The lowest BCUT2D eigenvalue weighted by molar-refractivity contribution is -0.131. The van der Waals surface area contributed by atoms with E-state index in [4.69, 9.17) is 9.73 Å². The zero-order valence-corrected chi connectivity index (χ0v) is 23.3. The van der Waals surface area contributed by atoms with Crippen LogP contribution in [0.25, 0.3) is 0 Å². The van der Waals surface area contributed by atoms with Crippen molar-refractivity contribution < 1.29 is 14.3 Å². The van der Waals surface area contributed by atoms with Crippen molar-refractivity contribution in [3.05, 3.63) is 70.8 Å². The summed E-state index contributed by atoms with van der Waals surface area (Å²) < 4.78 is 4.86. The number of rotatable bonds is 10. The summed E-state index contributed by atoms with van der Waals surface area (Å²) in [6, 6.07) is 15.7. The Morgan fingerprint density at radius 3 is 2.43 bits per heavy atom. The number of ether oxygens (including phenoxy) is 1. The van der Waals surface area contributed by atoms with Gasteiger partial charge in [-0.05, 0) is 86.1 Å². The molecule has 1 saturated carbocycles. The number of benzene rings is 2. The second kappa shape index (κ2) is 10.8. The first-order chi connectivity index (χ1) is 17.6. The van der Waals surface area contributed by atoms with Crippen LogP contribution in [0, 0.1) is 5.41 Å². The standard InChI is InChI=1S/C32H42N2O3/c1-7-18-32(20-9-19-31(3,4)5)33-28(27-11-8-10-26(21-27)24-14-15-24)29(35)34(32)22(2)23-12-16-25(17-13-23)30(36)37-6/h8,10-13,16-17,21-22,24H,7,9,14-15,18-20H2,1-6H3. The number of carbonyl (C=O) groups excluding carboxylic acids is 2. The molecular formula is C32H42N2O3. The molecule has 1 fully saturated rings. The van der Waals surface area contributed by atoms with E-state index in [1.807, 2.05) is 23.1 Å². The molecule has 0 bridgehead atoms. The summed E-state index contributed by atoms with van der Waals surface area (Å²) in [6.07, 6.45) is 7.11. The van der Waals surface area contributed by atoms with Gasteiger partial charge < -0.3 is 9.64 Å². The van der Waals surface area contributed by atoms with Crippen LogP contribution in [0.4, 0.5) is 0 Å². The van der Waals surface area contributed by atoms with E-state index in [2.05, 4.69) is 52.8 Å². The van der Waals surface area contributed by atoms with Gasteiger partial charge in [0, 0.05) is 5.56 Å². The van der Waals surface area contributed by atoms with Crippen LogP contribution in [-0.2, 0) is 9.53 Å². The highest BCUT2D eigenvalue weighted by Crippen LogP contribution is 2.44. The summed E-state index contributed by atoms with van der Waals surface area (Å²) in [6.45, 7) is 11.0. The van der Waals surface area contributed by atoms with Crippen LogP contribution in [-0.4, -0.2) is 35.3 Å². The molecule has 0 spiro atoms. The van der Waals surface area contributed by atoms with Crippen LogP contribution in [0.5, 0.6) is 0 Å². The van der Waals surface area contributed by atoms with Crippen LogP contribution in [0.3, 0.4) is 0 Å². The molecule has 37 heavy (non-hydrogen) atoms. The largest absolute Gasteiger partial charge is 0.465 e. The normalized spacial score (nSPS) is 20.6. The van der Waals surface area contributed by atoms with Crippen molar-refractivity contribution >= 4 is 17.6 Å². The van der Waals surface area contributed by atoms with Gasteiger partial charge >= 0.3 is 5.97 Å². The molecule has 5 nitrogen and oxygen atoms in total. The number of hydrogen-bond acceptors (Lipinski definition) is 4. The average molecular weight is 503 g/mol. The van der Waals surface area contributed by atoms with Gasteiger partial charge in [0.1, 0.15) is 11.4 Å². The maximum absolute atomic E-state index is 14.2. The lowest BCUT2D eigenvalue weighted by atomic mass is 9.86. The third-order valence-electron chi connectivity index (χ3n) is 7.75. The minimum Gasteiger partial charge on any atom is -0.465 e. The second-order valence-electron chi connectivity index (χ2n) is 12.0. The van der Waals surface area contributed by atoms with E-state index in [-0.39, 0.29) is 23.3 Å². The Hall–Kier alpha value is -2.95. The van der Waals surface area contributed by atoms with Crippen LogP contribution in [0.15, 0.2) is 53.5 Å². The number of methoxy groups -OCH3 is 1. The lowest BCUT2D eigenvalue weighted by Gasteiger charge is -2.41. The minimum atomic E-state index is -0.581. The molecule has 4 rings (SSSR count). The summed E-state index contributed by atoms with van der Waals surface area (Å²) in [5.74, 6) is 0.259. The molecule has 2 unspecified atom stereocenters. The van der Waals surface area contributed by atoms with Gasteiger partial charge in [0.2, 0.25) is 0 Å².